The van der Waals surface area contributed by atoms with Gasteiger partial charge in [-0.25, -0.2) is 4.68 Å². The van der Waals surface area contributed by atoms with E-state index in [0.717, 1.165) is 4.68 Å². The molecule has 20 heavy (non-hydrogen) atoms. The fourth-order valence-corrected chi connectivity index (χ4v) is 1.60. The molecule has 1 aromatic heterocycles. The van der Waals surface area contributed by atoms with Crippen LogP contribution in [0.1, 0.15) is 5.69 Å². The molecule has 0 N–H and O–H groups in total. The summed E-state index contributed by atoms with van der Waals surface area (Å²) in [5, 5.41) is 36.7. The first-order valence-corrected chi connectivity index (χ1v) is 5.07. The van der Waals surface area contributed by atoms with Gasteiger partial charge in [0.2, 0.25) is 0 Å². The number of benzene rings is 1. The van der Waals surface area contributed by atoms with E-state index in [1.807, 2.05) is 0 Å². The van der Waals surface area contributed by atoms with Gasteiger partial charge in [0.1, 0.15) is 5.69 Å². The van der Waals surface area contributed by atoms with Crippen LogP contribution in [0.4, 0.5) is 11.4 Å². The SMILES string of the molecule is Cc1nn(-c2ccc([N+](=O)[O-])cc2)c([O-])c1[N+](=O)[O-].[Na+]. The summed E-state index contributed by atoms with van der Waals surface area (Å²) in [7, 11) is 0. The van der Waals surface area contributed by atoms with Crippen molar-refractivity contribution < 1.29 is 44.5 Å². The van der Waals surface area contributed by atoms with Crippen LogP contribution in [0.15, 0.2) is 24.3 Å². The Morgan fingerprint density at radius 2 is 1.65 bits per heavy atom. The molecule has 98 valence electrons. The van der Waals surface area contributed by atoms with Crippen LogP contribution in [0.25, 0.3) is 5.69 Å². The minimum absolute atomic E-state index is 0. The van der Waals surface area contributed by atoms with Crippen LogP contribution in [-0.4, -0.2) is 19.6 Å². The molecular weight excluding hydrogens is 279 g/mol. The predicted octanol–water partition coefficient (Wildman–Crippen LogP) is -1.93. The second-order valence-electron chi connectivity index (χ2n) is 3.68. The summed E-state index contributed by atoms with van der Waals surface area (Å²) in [6, 6.07) is 4.99. The smallest absolute Gasteiger partial charge is 0.854 e. The maximum absolute atomic E-state index is 11.8. The van der Waals surface area contributed by atoms with E-state index in [2.05, 4.69) is 5.10 Å². The second kappa shape index (κ2) is 5.99. The number of nitrogens with zero attached hydrogens (tertiary/aromatic N) is 4. The van der Waals surface area contributed by atoms with Crippen molar-refractivity contribution in [2.24, 2.45) is 0 Å². The van der Waals surface area contributed by atoms with Gasteiger partial charge >= 0.3 is 35.2 Å². The Bertz CT molecular complexity index is 667. The number of nitro benzene ring substituents is 1. The van der Waals surface area contributed by atoms with Crippen molar-refractivity contribution in [3.8, 4) is 11.6 Å². The van der Waals surface area contributed by atoms with Crippen molar-refractivity contribution in [2.75, 3.05) is 0 Å². The molecule has 1 aromatic carbocycles. The molecule has 1 heterocycles. The van der Waals surface area contributed by atoms with Crippen LogP contribution in [0.2, 0.25) is 0 Å². The van der Waals surface area contributed by atoms with Crippen molar-refractivity contribution in [3.05, 3.63) is 50.2 Å². The summed E-state index contributed by atoms with van der Waals surface area (Å²) in [5.74, 6) is -0.864. The molecule has 9 nitrogen and oxygen atoms in total. The molecular formula is C10H7N4NaO5. The van der Waals surface area contributed by atoms with Crippen LogP contribution >= 0.6 is 0 Å². The summed E-state index contributed by atoms with van der Waals surface area (Å²) in [6.45, 7) is 1.35. The summed E-state index contributed by atoms with van der Waals surface area (Å²) < 4.78 is 0.844. The number of nitro groups is 2. The first-order chi connectivity index (χ1) is 8.91. The number of aryl methyl sites for hydroxylation is 1. The molecule has 10 heteroatoms. The molecule has 0 fully saturated rings. The number of hydrogen-bond acceptors (Lipinski definition) is 6. The Balaban J connectivity index is 0.00000200. The molecule has 0 unspecified atom stereocenters. The monoisotopic (exact) mass is 286 g/mol. The standard InChI is InChI=1S/C10H8N4O5.Na/c1-6-9(14(18)19)10(15)12(11-6)7-2-4-8(5-3-7)13(16)17;/h2-5,15H,1H3;/q;+1/p-1. The third-order valence-electron chi connectivity index (χ3n) is 2.48. The van der Waals surface area contributed by atoms with Crippen molar-refractivity contribution in [2.45, 2.75) is 6.92 Å². The van der Waals surface area contributed by atoms with E-state index in [4.69, 9.17) is 0 Å². The zero-order valence-corrected chi connectivity index (χ0v) is 12.6. The van der Waals surface area contributed by atoms with Crippen molar-refractivity contribution in [1.82, 2.24) is 9.78 Å². The first-order valence-electron chi connectivity index (χ1n) is 5.07. The van der Waals surface area contributed by atoms with E-state index >= 15 is 0 Å². The molecule has 0 radical (unpaired) electrons. The van der Waals surface area contributed by atoms with Gasteiger partial charge in [-0.05, 0) is 19.1 Å². The van der Waals surface area contributed by atoms with E-state index < -0.39 is 21.4 Å². The minimum Gasteiger partial charge on any atom is -0.854 e. The molecule has 2 aromatic rings. The normalized spacial score (nSPS) is 9.85. The second-order valence-corrected chi connectivity index (χ2v) is 3.68. The van der Waals surface area contributed by atoms with E-state index in [-0.39, 0.29) is 46.6 Å². The van der Waals surface area contributed by atoms with Crippen molar-refractivity contribution >= 4 is 11.4 Å². The third kappa shape index (κ3) is 2.79. The average Bonchev–Trinajstić information content (AvgIpc) is 2.65. The summed E-state index contributed by atoms with van der Waals surface area (Å²) in [6.07, 6.45) is 0. The van der Waals surface area contributed by atoms with Crippen LogP contribution in [0.3, 0.4) is 0 Å². The third-order valence-corrected chi connectivity index (χ3v) is 2.48. The average molecular weight is 286 g/mol. The number of rotatable bonds is 3. The summed E-state index contributed by atoms with van der Waals surface area (Å²) >= 11 is 0. The summed E-state index contributed by atoms with van der Waals surface area (Å²) in [5.41, 5.74) is -0.520. The maximum atomic E-state index is 11.8. The fraction of sp³-hybridized carbons (Fsp3) is 0.100. The van der Waals surface area contributed by atoms with Gasteiger partial charge in [-0.3, -0.25) is 20.2 Å². The van der Waals surface area contributed by atoms with Gasteiger partial charge in [-0.2, -0.15) is 5.10 Å². The Morgan fingerprint density at radius 1 is 1.10 bits per heavy atom. The van der Waals surface area contributed by atoms with Gasteiger partial charge in [-0.15, -0.1) is 0 Å². The van der Waals surface area contributed by atoms with Crippen LogP contribution in [0.5, 0.6) is 5.88 Å². The Kier molecular flexibility index (Phi) is 4.82. The number of hydrogen-bond donors (Lipinski definition) is 0. The van der Waals surface area contributed by atoms with Crippen LogP contribution < -0.4 is 34.7 Å². The molecule has 0 aliphatic heterocycles. The molecule has 2 rings (SSSR count). The van der Waals surface area contributed by atoms with Crippen molar-refractivity contribution in [1.29, 1.82) is 0 Å². The van der Waals surface area contributed by atoms with Gasteiger partial charge in [0, 0.05) is 12.1 Å². The number of non-ortho nitro benzene ring substituents is 1. The maximum Gasteiger partial charge on any atom is 1.00 e. The topological polar surface area (TPSA) is 127 Å². The van der Waals surface area contributed by atoms with Gasteiger partial charge in [-0.1, -0.05) is 0 Å². The molecule has 0 atom stereocenters. The van der Waals surface area contributed by atoms with Crippen molar-refractivity contribution in [3.63, 3.8) is 0 Å². The molecule has 0 amide bonds. The Hall–Kier alpha value is -1.97. The minimum atomic E-state index is -0.864. The molecule has 0 spiro atoms. The van der Waals surface area contributed by atoms with E-state index in [0.29, 0.717) is 0 Å². The largest absolute Gasteiger partial charge is 1.00 e. The zero-order chi connectivity index (χ0) is 14.2. The Morgan fingerprint density at radius 3 is 2.05 bits per heavy atom. The van der Waals surface area contributed by atoms with Crippen LogP contribution in [-0.2, 0) is 0 Å². The fourth-order valence-electron chi connectivity index (χ4n) is 1.60. The molecule has 0 bridgehead atoms. The predicted molar refractivity (Wildman–Crippen MR) is 61.1 cm³/mol. The van der Waals surface area contributed by atoms with Gasteiger partial charge in [0.25, 0.3) is 5.69 Å². The molecule has 0 aliphatic rings. The first kappa shape index (κ1) is 16.1. The van der Waals surface area contributed by atoms with Gasteiger partial charge in [0.05, 0.1) is 21.4 Å². The van der Waals surface area contributed by atoms with E-state index in [1.165, 1.54) is 31.2 Å². The number of aromatic nitrogens is 2. The molecule has 0 aliphatic carbocycles. The Labute approximate surface area is 134 Å². The summed E-state index contributed by atoms with van der Waals surface area (Å²) in [4.78, 5) is 19.8. The zero-order valence-electron chi connectivity index (χ0n) is 10.6. The molecule has 0 saturated carbocycles. The molecule has 0 saturated heterocycles. The van der Waals surface area contributed by atoms with Gasteiger partial charge < -0.3 is 5.11 Å². The van der Waals surface area contributed by atoms with E-state index in [9.17, 15) is 25.3 Å². The van der Waals surface area contributed by atoms with Crippen LogP contribution in [0, 0.1) is 27.2 Å². The quantitative estimate of drug-likeness (QED) is 0.367. The van der Waals surface area contributed by atoms with Gasteiger partial charge in [0.15, 0.2) is 0 Å². The van der Waals surface area contributed by atoms with E-state index in [1.54, 1.807) is 0 Å².